The summed E-state index contributed by atoms with van der Waals surface area (Å²) < 4.78 is 19.0. The van der Waals surface area contributed by atoms with Gasteiger partial charge in [0.2, 0.25) is 5.78 Å². The molecule has 2 N–H and O–H groups in total. The number of rotatable bonds is 3. The van der Waals surface area contributed by atoms with Gasteiger partial charge < -0.3 is 9.64 Å². The van der Waals surface area contributed by atoms with Crippen molar-refractivity contribution in [3.63, 3.8) is 0 Å². The molecule has 0 aliphatic carbocycles. The van der Waals surface area contributed by atoms with Crippen LogP contribution in [0.4, 0.5) is 14.9 Å². The summed E-state index contributed by atoms with van der Waals surface area (Å²) >= 11 is 3.06. The molecule has 2 atom stereocenters. The van der Waals surface area contributed by atoms with Gasteiger partial charge in [0.15, 0.2) is 5.84 Å². The number of nitrogens with zero attached hydrogens (tertiary/aromatic N) is 2. The van der Waals surface area contributed by atoms with Crippen LogP contribution in [0.1, 0.15) is 40.5 Å². The van der Waals surface area contributed by atoms with Gasteiger partial charge in [-0.25, -0.2) is 19.7 Å². The van der Waals surface area contributed by atoms with Crippen molar-refractivity contribution >= 4 is 39.3 Å². The van der Waals surface area contributed by atoms with E-state index in [2.05, 4.69) is 20.9 Å². The first-order valence-corrected chi connectivity index (χ1v) is 9.79. The van der Waals surface area contributed by atoms with Crippen LogP contribution in [-0.2, 0) is 9.53 Å². The van der Waals surface area contributed by atoms with E-state index in [1.165, 1.54) is 18.2 Å². The molecule has 7 nitrogen and oxygen atoms in total. The van der Waals surface area contributed by atoms with Crippen molar-refractivity contribution in [2.24, 2.45) is 10.9 Å². The number of piperidine rings is 1. The summed E-state index contributed by atoms with van der Waals surface area (Å²) in [6, 6.07) is 3.83. The van der Waals surface area contributed by atoms with E-state index in [-0.39, 0.29) is 22.1 Å². The van der Waals surface area contributed by atoms with Crippen LogP contribution in [0.5, 0.6) is 0 Å². The molecule has 0 saturated carbocycles. The third-order valence-electron chi connectivity index (χ3n) is 4.36. The number of ether oxygens (including phenoxy) is 1. The molecule has 154 valence electrons. The fraction of sp³-hybridized carbons (Fsp3) is 0.526. The van der Waals surface area contributed by atoms with Crippen LogP contribution in [0.2, 0.25) is 0 Å². The predicted octanol–water partition coefficient (Wildman–Crippen LogP) is 4.20. The molecule has 2 rings (SSSR count). The minimum Gasteiger partial charge on any atom is -0.444 e. The molecule has 9 heteroatoms. The molecule has 28 heavy (non-hydrogen) atoms. The zero-order chi connectivity index (χ0) is 21.1. The molecule has 1 aliphatic heterocycles. The number of amidine groups is 1. The highest BCUT2D eigenvalue weighted by Crippen LogP contribution is 2.27. The maximum atomic E-state index is 13.3. The van der Waals surface area contributed by atoms with Crippen molar-refractivity contribution in [1.29, 1.82) is 0 Å². The van der Waals surface area contributed by atoms with Gasteiger partial charge in [0.1, 0.15) is 11.4 Å². The third kappa shape index (κ3) is 5.75. The second-order valence-electron chi connectivity index (χ2n) is 7.78. The quantitative estimate of drug-likeness (QED) is 0.403. The minimum atomic E-state index is -0.590. The maximum absolute atomic E-state index is 13.3. The van der Waals surface area contributed by atoms with Crippen LogP contribution in [0.25, 0.3) is 0 Å². The van der Waals surface area contributed by atoms with E-state index >= 15 is 0 Å². The largest absolute Gasteiger partial charge is 0.444 e. The molecular formula is C19H25BrFN3O4. The maximum Gasteiger partial charge on any atom is 0.410 e. The summed E-state index contributed by atoms with van der Waals surface area (Å²) in [5.41, 5.74) is 1.58. The van der Waals surface area contributed by atoms with Crippen molar-refractivity contribution < 1.29 is 23.9 Å². The van der Waals surface area contributed by atoms with Gasteiger partial charge in [0, 0.05) is 18.5 Å². The number of likely N-dealkylation sites (tertiary alicyclic amines) is 1. The number of amides is 1. The summed E-state index contributed by atoms with van der Waals surface area (Å²) in [6.45, 7) is 7.62. The molecule has 1 aliphatic rings. The Kier molecular flexibility index (Phi) is 7.16. The Morgan fingerprint density at radius 3 is 2.61 bits per heavy atom. The lowest BCUT2D eigenvalue weighted by atomic mass is 9.88. The number of carbonyl (C=O) groups is 2. The molecule has 1 unspecified atom stereocenters. The lowest BCUT2D eigenvalue weighted by Crippen LogP contribution is -2.49. The average Bonchev–Trinajstić information content (AvgIpc) is 2.60. The lowest BCUT2D eigenvalue weighted by molar-refractivity contribution is -0.119. The first-order chi connectivity index (χ1) is 13.0. The van der Waals surface area contributed by atoms with Crippen molar-refractivity contribution in [2.75, 3.05) is 6.54 Å². The van der Waals surface area contributed by atoms with Crippen LogP contribution >= 0.6 is 15.9 Å². The molecule has 0 radical (unpaired) electrons. The number of hydroxylamine groups is 1. The van der Waals surface area contributed by atoms with Crippen molar-refractivity contribution in [1.82, 2.24) is 10.4 Å². The van der Waals surface area contributed by atoms with Crippen LogP contribution < -0.4 is 5.48 Å². The van der Waals surface area contributed by atoms with Gasteiger partial charge in [-0.3, -0.25) is 10.0 Å². The Hall–Kier alpha value is -2.00. The lowest BCUT2D eigenvalue weighted by Gasteiger charge is -2.37. The van der Waals surface area contributed by atoms with Gasteiger partial charge in [-0.05, 0) is 74.7 Å². The first kappa shape index (κ1) is 22.3. The van der Waals surface area contributed by atoms with Gasteiger partial charge in [-0.2, -0.15) is 0 Å². The standard InChI is InChI=1S/C19H25BrFN3O4/c1-11-9-12(7-8-24(11)18(26)28-19(2,3)4)16(25)17(23-27)22-13-5-6-15(21)14(20)10-13/h5-6,10-12,27H,7-9H2,1-4H3,(H,22,23)/t11-,12?/m0/s1. The number of nitrogens with one attached hydrogen (secondary N) is 1. The number of carbonyl (C=O) groups excluding carboxylic acids is 2. The van der Waals surface area contributed by atoms with Crippen LogP contribution in [0, 0.1) is 11.7 Å². The SMILES string of the molecule is C[C@H]1CC(C(=O)C(=Nc2ccc(F)c(Br)c2)NO)CCN1C(=O)OC(C)(C)C. The fourth-order valence-electron chi connectivity index (χ4n) is 3.01. The Balaban J connectivity index is 2.08. The topological polar surface area (TPSA) is 91.2 Å². The smallest absolute Gasteiger partial charge is 0.410 e. The highest BCUT2D eigenvalue weighted by molar-refractivity contribution is 9.10. The summed E-state index contributed by atoms with van der Waals surface area (Å²) in [5, 5.41) is 9.37. The monoisotopic (exact) mass is 457 g/mol. The number of hydrogen-bond acceptors (Lipinski definition) is 5. The normalized spacial score (nSPS) is 20.7. The molecule has 1 fully saturated rings. The Morgan fingerprint density at radius 2 is 2.07 bits per heavy atom. The number of Topliss-reactive ketones (excluding diaryl/α,β-unsaturated/α-hetero) is 1. The molecule has 1 aromatic rings. The molecule has 1 saturated heterocycles. The summed E-state index contributed by atoms with van der Waals surface area (Å²) in [4.78, 5) is 30.8. The Bertz CT molecular complexity index is 779. The van der Waals surface area contributed by atoms with E-state index in [1.807, 2.05) is 12.4 Å². The van der Waals surface area contributed by atoms with Crippen molar-refractivity contribution in [2.45, 2.75) is 52.2 Å². The number of aliphatic imine (C=N–C) groups is 1. The zero-order valence-electron chi connectivity index (χ0n) is 16.3. The van der Waals surface area contributed by atoms with E-state index in [9.17, 15) is 19.2 Å². The van der Waals surface area contributed by atoms with Gasteiger partial charge in [0.25, 0.3) is 0 Å². The first-order valence-electron chi connectivity index (χ1n) is 8.99. The number of benzene rings is 1. The second-order valence-corrected chi connectivity index (χ2v) is 8.63. The van der Waals surface area contributed by atoms with Crippen LogP contribution in [0.3, 0.4) is 0 Å². The highest BCUT2D eigenvalue weighted by Gasteiger charge is 2.35. The molecule has 0 spiro atoms. The van der Waals surface area contributed by atoms with Crippen LogP contribution in [0.15, 0.2) is 27.7 Å². The van der Waals surface area contributed by atoms with E-state index < -0.39 is 23.4 Å². The van der Waals surface area contributed by atoms with Gasteiger partial charge in [-0.15, -0.1) is 0 Å². The minimum absolute atomic E-state index is 0.197. The third-order valence-corrected chi connectivity index (χ3v) is 4.97. The predicted molar refractivity (Wildman–Crippen MR) is 106 cm³/mol. The van der Waals surface area contributed by atoms with Crippen molar-refractivity contribution in [3.8, 4) is 0 Å². The summed E-state index contributed by atoms with van der Waals surface area (Å²) in [7, 11) is 0. The fourth-order valence-corrected chi connectivity index (χ4v) is 3.38. The average molecular weight is 458 g/mol. The molecule has 0 bridgehead atoms. The summed E-state index contributed by atoms with van der Waals surface area (Å²) in [5.74, 6) is -1.44. The van der Waals surface area contributed by atoms with Gasteiger partial charge in [-0.1, -0.05) is 0 Å². The molecule has 1 aromatic carbocycles. The molecular weight excluding hydrogens is 433 g/mol. The number of ketones is 1. The number of hydrogen-bond donors (Lipinski definition) is 2. The number of halogens is 2. The highest BCUT2D eigenvalue weighted by atomic mass is 79.9. The summed E-state index contributed by atoms with van der Waals surface area (Å²) in [6.07, 6.45) is 0.443. The van der Waals surface area contributed by atoms with Gasteiger partial charge in [0.05, 0.1) is 10.2 Å². The molecule has 0 aromatic heterocycles. The molecule has 1 amide bonds. The van der Waals surface area contributed by atoms with Gasteiger partial charge >= 0.3 is 6.09 Å². The Morgan fingerprint density at radius 1 is 1.39 bits per heavy atom. The Labute approximate surface area is 172 Å². The second kappa shape index (κ2) is 9.00. The van der Waals surface area contributed by atoms with Crippen molar-refractivity contribution in [3.05, 3.63) is 28.5 Å². The zero-order valence-corrected chi connectivity index (χ0v) is 17.9. The van der Waals surface area contributed by atoms with E-state index in [4.69, 9.17) is 4.74 Å². The van der Waals surface area contributed by atoms with E-state index in [0.717, 1.165) is 0 Å². The van der Waals surface area contributed by atoms with Crippen LogP contribution in [-0.4, -0.2) is 46.0 Å². The molecule has 1 heterocycles. The van der Waals surface area contributed by atoms with E-state index in [1.54, 1.807) is 25.7 Å². The van der Waals surface area contributed by atoms with E-state index in [0.29, 0.717) is 25.1 Å².